The van der Waals surface area contributed by atoms with Gasteiger partial charge >= 0.3 is 0 Å². The molecule has 1 saturated carbocycles. The van der Waals surface area contributed by atoms with Crippen molar-refractivity contribution < 1.29 is 4.74 Å². The molecule has 0 saturated heterocycles. The summed E-state index contributed by atoms with van der Waals surface area (Å²) in [5.74, 6) is 0.594. The lowest BCUT2D eigenvalue weighted by molar-refractivity contribution is 0.148. The van der Waals surface area contributed by atoms with E-state index in [1.165, 1.54) is 25.6 Å². The van der Waals surface area contributed by atoms with Crippen LogP contribution in [0.1, 0.15) is 32.1 Å². The van der Waals surface area contributed by atoms with Gasteiger partial charge in [-0.2, -0.15) is 0 Å². The normalized spacial score (nSPS) is 18.1. The molecule has 0 amide bonds. The highest BCUT2D eigenvalue weighted by Crippen LogP contribution is 2.22. The Balaban J connectivity index is 1.95. The van der Waals surface area contributed by atoms with Gasteiger partial charge < -0.3 is 4.74 Å². The molecule has 0 aliphatic heterocycles. The summed E-state index contributed by atoms with van der Waals surface area (Å²) in [5.41, 5.74) is 0. The quantitative estimate of drug-likeness (QED) is 0.708. The number of hydrogen-bond acceptors (Lipinski definition) is 3. The van der Waals surface area contributed by atoms with Crippen LogP contribution in [0.15, 0.2) is 12.4 Å². The fourth-order valence-corrected chi connectivity index (χ4v) is 1.87. The van der Waals surface area contributed by atoms with Crippen LogP contribution in [0.3, 0.4) is 0 Å². The monoisotopic (exact) mass is 212 g/mol. The van der Waals surface area contributed by atoms with Gasteiger partial charge in [-0.3, -0.25) is 0 Å². The highest BCUT2D eigenvalue weighted by molar-refractivity contribution is 6.29. The van der Waals surface area contributed by atoms with Crippen molar-refractivity contribution in [3.05, 3.63) is 17.5 Å². The van der Waals surface area contributed by atoms with Gasteiger partial charge in [0.25, 0.3) is 0 Å². The Morgan fingerprint density at radius 1 is 1.21 bits per heavy atom. The Morgan fingerprint density at radius 3 is 2.71 bits per heavy atom. The summed E-state index contributed by atoms with van der Waals surface area (Å²) in [6.07, 6.45) is 7.83. The maximum Gasteiger partial charge on any atom is 0.218 e. The zero-order valence-corrected chi connectivity index (χ0v) is 8.70. The minimum absolute atomic E-state index is 0.315. The van der Waals surface area contributed by atoms with Gasteiger partial charge in [0.1, 0.15) is 17.6 Å². The lowest BCUT2D eigenvalue weighted by Crippen LogP contribution is -2.20. The van der Waals surface area contributed by atoms with Crippen molar-refractivity contribution in [2.45, 2.75) is 38.2 Å². The minimum Gasteiger partial charge on any atom is -0.474 e. The summed E-state index contributed by atoms with van der Waals surface area (Å²) < 4.78 is 5.70. The Kier molecular flexibility index (Phi) is 3.19. The first-order chi connectivity index (χ1) is 6.84. The molecule has 14 heavy (non-hydrogen) atoms. The van der Waals surface area contributed by atoms with Gasteiger partial charge in [-0.15, -0.1) is 0 Å². The first-order valence-corrected chi connectivity index (χ1v) is 5.36. The minimum atomic E-state index is 0.315. The van der Waals surface area contributed by atoms with E-state index in [1.54, 1.807) is 6.07 Å². The number of ether oxygens (including phenoxy) is 1. The van der Waals surface area contributed by atoms with Gasteiger partial charge in [-0.05, 0) is 25.7 Å². The van der Waals surface area contributed by atoms with E-state index in [2.05, 4.69) is 9.97 Å². The largest absolute Gasteiger partial charge is 0.474 e. The maximum absolute atomic E-state index is 5.73. The summed E-state index contributed by atoms with van der Waals surface area (Å²) in [6.45, 7) is 0. The van der Waals surface area contributed by atoms with E-state index in [1.807, 2.05) is 0 Å². The van der Waals surface area contributed by atoms with E-state index in [0.29, 0.717) is 17.1 Å². The third kappa shape index (κ3) is 2.58. The smallest absolute Gasteiger partial charge is 0.218 e. The van der Waals surface area contributed by atoms with Gasteiger partial charge in [0, 0.05) is 6.07 Å². The summed E-state index contributed by atoms with van der Waals surface area (Å²) >= 11 is 5.73. The van der Waals surface area contributed by atoms with Crippen LogP contribution < -0.4 is 4.74 Å². The van der Waals surface area contributed by atoms with Gasteiger partial charge in [0.05, 0.1) is 0 Å². The molecule has 1 heterocycles. The molecular weight excluding hydrogens is 200 g/mol. The van der Waals surface area contributed by atoms with Crippen LogP contribution in [-0.4, -0.2) is 16.1 Å². The van der Waals surface area contributed by atoms with Crippen LogP contribution >= 0.6 is 11.6 Å². The van der Waals surface area contributed by atoms with Gasteiger partial charge in [-0.25, -0.2) is 9.97 Å². The van der Waals surface area contributed by atoms with E-state index in [9.17, 15) is 0 Å². The Hall–Kier alpha value is -0.830. The van der Waals surface area contributed by atoms with Crippen LogP contribution in [0.25, 0.3) is 0 Å². The van der Waals surface area contributed by atoms with Gasteiger partial charge in [-0.1, -0.05) is 18.0 Å². The SMILES string of the molecule is Clc1cc(OC2CCCCC2)ncn1. The molecule has 0 unspecified atom stereocenters. The molecule has 4 heteroatoms. The summed E-state index contributed by atoms with van der Waals surface area (Å²) in [5, 5.41) is 0.436. The fourth-order valence-electron chi connectivity index (χ4n) is 1.74. The van der Waals surface area contributed by atoms with E-state index in [0.717, 1.165) is 12.8 Å². The zero-order valence-electron chi connectivity index (χ0n) is 7.95. The Morgan fingerprint density at radius 2 is 2.00 bits per heavy atom. The number of aromatic nitrogens is 2. The second kappa shape index (κ2) is 4.60. The zero-order chi connectivity index (χ0) is 9.80. The molecule has 2 rings (SSSR count). The highest BCUT2D eigenvalue weighted by Gasteiger charge is 2.15. The molecule has 1 aliphatic carbocycles. The molecule has 0 radical (unpaired) electrons. The topological polar surface area (TPSA) is 35.0 Å². The van der Waals surface area contributed by atoms with Crippen LogP contribution in [0.5, 0.6) is 5.88 Å². The van der Waals surface area contributed by atoms with Crippen molar-refractivity contribution in [1.82, 2.24) is 9.97 Å². The molecule has 0 spiro atoms. The highest BCUT2D eigenvalue weighted by atomic mass is 35.5. The Labute approximate surface area is 88.5 Å². The standard InChI is InChI=1S/C10H13ClN2O/c11-9-6-10(13-7-12-9)14-8-4-2-1-3-5-8/h6-8H,1-5H2. The molecule has 0 N–H and O–H groups in total. The summed E-state index contributed by atoms with van der Waals surface area (Å²) in [4.78, 5) is 7.82. The molecular formula is C10H13ClN2O. The molecule has 0 bridgehead atoms. The van der Waals surface area contributed by atoms with Gasteiger partial charge in [0.2, 0.25) is 5.88 Å². The van der Waals surface area contributed by atoms with Crippen molar-refractivity contribution in [1.29, 1.82) is 0 Å². The van der Waals surface area contributed by atoms with E-state index in [4.69, 9.17) is 16.3 Å². The van der Waals surface area contributed by atoms with E-state index < -0.39 is 0 Å². The van der Waals surface area contributed by atoms with Crippen molar-refractivity contribution >= 4 is 11.6 Å². The van der Waals surface area contributed by atoms with Crippen molar-refractivity contribution in [2.24, 2.45) is 0 Å². The van der Waals surface area contributed by atoms with Crippen LogP contribution in [0.2, 0.25) is 5.15 Å². The van der Waals surface area contributed by atoms with Crippen LogP contribution in [0, 0.1) is 0 Å². The average Bonchev–Trinajstić information content (AvgIpc) is 2.19. The van der Waals surface area contributed by atoms with Crippen molar-refractivity contribution in [3.63, 3.8) is 0 Å². The molecule has 1 fully saturated rings. The molecule has 76 valence electrons. The first kappa shape index (κ1) is 9.71. The first-order valence-electron chi connectivity index (χ1n) is 4.99. The predicted molar refractivity (Wildman–Crippen MR) is 54.5 cm³/mol. The lowest BCUT2D eigenvalue weighted by Gasteiger charge is -2.22. The fraction of sp³-hybridized carbons (Fsp3) is 0.600. The van der Waals surface area contributed by atoms with E-state index in [-0.39, 0.29) is 0 Å². The summed E-state index contributed by atoms with van der Waals surface area (Å²) in [6, 6.07) is 1.66. The van der Waals surface area contributed by atoms with Crippen LogP contribution in [-0.2, 0) is 0 Å². The van der Waals surface area contributed by atoms with Crippen LogP contribution in [0.4, 0.5) is 0 Å². The third-order valence-electron chi connectivity index (χ3n) is 2.45. The second-order valence-electron chi connectivity index (χ2n) is 3.56. The number of nitrogens with zero attached hydrogens (tertiary/aromatic N) is 2. The molecule has 3 nitrogen and oxygen atoms in total. The summed E-state index contributed by atoms with van der Waals surface area (Å²) in [7, 11) is 0. The number of halogens is 1. The number of hydrogen-bond donors (Lipinski definition) is 0. The average molecular weight is 213 g/mol. The molecule has 1 aromatic rings. The van der Waals surface area contributed by atoms with Gasteiger partial charge in [0.15, 0.2) is 0 Å². The predicted octanol–water partition coefficient (Wildman–Crippen LogP) is 2.84. The molecule has 0 aromatic carbocycles. The molecule has 1 aliphatic rings. The van der Waals surface area contributed by atoms with E-state index >= 15 is 0 Å². The number of rotatable bonds is 2. The van der Waals surface area contributed by atoms with Crippen molar-refractivity contribution in [3.8, 4) is 5.88 Å². The molecule has 0 atom stereocenters. The third-order valence-corrected chi connectivity index (χ3v) is 2.65. The van der Waals surface area contributed by atoms with Crippen molar-refractivity contribution in [2.75, 3.05) is 0 Å². The second-order valence-corrected chi connectivity index (χ2v) is 3.94. The molecule has 1 aromatic heterocycles. The maximum atomic E-state index is 5.73. The Bertz CT molecular complexity index is 300. The lowest BCUT2D eigenvalue weighted by atomic mass is 9.98.